The zero-order chi connectivity index (χ0) is 20.4. The molecule has 3 aliphatic carbocycles. The van der Waals surface area contributed by atoms with Gasteiger partial charge >= 0.3 is 26.6 Å². The zero-order valence-corrected chi connectivity index (χ0v) is 19.3. The van der Waals surface area contributed by atoms with Crippen molar-refractivity contribution in [3.05, 3.63) is 19.1 Å². The molecule has 0 aliphatic heterocycles. The van der Waals surface area contributed by atoms with Gasteiger partial charge in [0.25, 0.3) is 0 Å². The minimum atomic E-state index is -5.19. The van der Waals surface area contributed by atoms with Gasteiger partial charge in [-0.15, -0.1) is 0 Å². The Bertz CT molecular complexity index is 411. The molecule has 166 valence electrons. The van der Waals surface area contributed by atoms with Gasteiger partial charge in [0, 0.05) is 0 Å². The summed E-state index contributed by atoms with van der Waals surface area (Å²) in [5.74, 6) is -3.01. The second kappa shape index (κ2) is 14.1. The molecule has 28 heavy (non-hydrogen) atoms. The van der Waals surface area contributed by atoms with E-state index < -0.39 is 12.1 Å². The molecule has 0 amide bonds. The molecule has 3 rings (SSSR count). The number of carboxylic acids is 1. The van der Waals surface area contributed by atoms with E-state index in [9.17, 15) is 13.2 Å². The Morgan fingerprint density at radius 1 is 0.893 bits per heavy atom. The monoisotopic (exact) mass is 512 g/mol. The molecule has 0 aromatic carbocycles. The first-order valence-corrected chi connectivity index (χ1v) is 11.7. The van der Waals surface area contributed by atoms with Crippen LogP contribution in [0.5, 0.6) is 0 Å². The van der Waals surface area contributed by atoms with E-state index >= 15 is 0 Å². The molecule has 2 nitrogen and oxygen atoms in total. The largest absolute Gasteiger partial charge is 2.00 e. The molecule has 7 heteroatoms. The van der Waals surface area contributed by atoms with Crippen LogP contribution in [0.25, 0.3) is 0 Å². The van der Waals surface area contributed by atoms with Gasteiger partial charge in [0.15, 0.2) is 0 Å². The van der Waals surface area contributed by atoms with Crippen molar-refractivity contribution in [1.29, 1.82) is 0 Å². The maximum absolute atomic E-state index is 10.5. The van der Waals surface area contributed by atoms with Gasteiger partial charge in [-0.25, -0.2) is 19.1 Å². The van der Waals surface area contributed by atoms with E-state index in [-0.39, 0.29) is 20.4 Å². The van der Waals surface area contributed by atoms with E-state index in [2.05, 4.69) is 13.5 Å². The second-order valence-corrected chi connectivity index (χ2v) is 11.1. The SMILES string of the molecule is C1CCC(P(C2CCCC2)C2CCCC2)C1.C=C([CH2-])C.O=C([O-])C(F)(F)F.[Pd+2]. The number of alkyl halides is 3. The van der Waals surface area contributed by atoms with Crippen LogP contribution in [0.15, 0.2) is 12.2 Å². The first kappa shape index (κ1) is 28.0. The molecule has 0 aromatic heterocycles. The van der Waals surface area contributed by atoms with E-state index in [0.29, 0.717) is 7.92 Å². The van der Waals surface area contributed by atoms with Gasteiger partial charge in [0.2, 0.25) is 0 Å². The Balaban J connectivity index is 0.000000516. The molecule has 3 saturated carbocycles. The quantitative estimate of drug-likeness (QED) is 0.265. The molecule has 0 spiro atoms. The van der Waals surface area contributed by atoms with E-state index in [1.54, 1.807) is 77.0 Å². The van der Waals surface area contributed by atoms with Crippen LogP contribution in [0.2, 0.25) is 0 Å². The number of allylic oxidation sites excluding steroid dienone is 1. The van der Waals surface area contributed by atoms with Gasteiger partial charge in [-0.2, -0.15) is 13.2 Å². The summed E-state index contributed by atoms with van der Waals surface area (Å²) >= 11 is 0. The molecule has 0 aromatic rings. The smallest absolute Gasteiger partial charge is 0.542 e. The third-order valence-corrected chi connectivity index (χ3v) is 9.55. The fraction of sp³-hybridized carbons (Fsp3) is 0.810. The number of carbonyl (C=O) groups excluding carboxylic acids is 1. The fourth-order valence-corrected chi connectivity index (χ4v) is 9.17. The molecule has 3 fully saturated rings. The summed E-state index contributed by atoms with van der Waals surface area (Å²) in [6.45, 7) is 8.75. The number of aliphatic carboxylic acids is 1. The molecule has 0 bridgehead atoms. The Labute approximate surface area is 183 Å². The van der Waals surface area contributed by atoms with Crippen molar-refractivity contribution >= 4 is 13.9 Å². The summed E-state index contributed by atoms with van der Waals surface area (Å²) < 4.78 is 31.5. The molecular weight excluding hydrogens is 479 g/mol. The Hall–Kier alpha value is -0.0377. The van der Waals surface area contributed by atoms with Crippen LogP contribution >= 0.6 is 7.92 Å². The predicted octanol–water partition coefficient (Wildman–Crippen LogP) is 5.99. The topological polar surface area (TPSA) is 40.1 Å². The number of carboxylic acid groups (broad SMARTS) is 1. The second-order valence-electron chi connectivity index (χ2n) is 8.00. The Kier molecular flexibility index (Phi) is 14.0. The van der Waals surface area contributed by atoms with Gasteiger partial charge in [-0.1, -0.05) is 53.4 Å². The van der Waals surface area contributed by atoms with Crippen LogP contribution in [0.1, 0.15) is 84.0 Å². The van der Waals surface area contributed by atoms with Crippen LogP contribution in [0.3, 0.4) is 0 Å². The summed E-state index contributed by atoms with van der Waals surface area (Å²) in [7, 11) is 0.436. The zero-order valence-electron chi connectivity index (χ0n) is 16.8. The molecule has 0 N–H and O–H groups in total. The summed E-state index contributed by atoms with van der Waals surface area (Å²) in [6.07, 6.45) is 13.8. The minimum Gasteiger partial charge on any atom is -0.542 e. The van der Waals surface area contributed by atoms with Gasteiger partial charge < -0.3 is 9.90 Å². The molecule has 0 unspecified atom stereocenters. The van der Waals surface area contributed by atoms with Crippen molar-refractivity contribution < 1.29 is 43.5 Å². The van der Waals surface area contributed by atoms with E-state index in [4.69, 9.17) is 9.90 Å². The van der Waals surface area contributed by atoms with Crippen molar-refractivity contribution in [2.75, 3.05) is 0 Å². The molecule has 0 saturated heterocycles. The minimum absolute atomic E-state index is 0. The van der Waals surface area contributed by atoms with Gasteiger partial charge in [-0.3, -0.25) is 0 Å². The summed E-state index contributed by atoms with van der Waals surface area (Å²) in [5, 5.41) is 8.78. The van der Waals surface area contributed by atoms with Crippen molar-refractivity contribution in [3.63, 3.8) is 0 Å². The summed E-state index contributed by atoms with van der Waals surface area (Å²) in [4.78, 5) is 8.78. The van der Waals surface area contributed by atoms with Crippen molar-refractivity contribution in [3.8, 4) is 0 Å². The molecule has 0 atom stereocenters. The average Bonchev–Trinajstić information content (AvgIpc) is 3.32. The van der Waals surface area contributed by atoms with Crippen LogP contribution in [0.4, 0.5) is 13.2 Å². The summed E-state index contributed by atoms with van der Waals surface area (Å²) in [5.41, 5.74) is 4.54. The van der Waals surface area contributed by atoms with Crippen molar-refractivity contribution in [2.24, 2.45) is 0 Å². The predicted molar refractivity (Wildman–Crippen MR) is 105 cm³/mol. The van der Waals surface area contributed by atoms with Crippen LogP contribution < -0.4 is 5.11 Å². The molecule has 0 radical (unpaired) electrons. The number of carbonyl (C=O) groups is 1. The maximum atomic E-state index is 10.5. The first-order chi connectivity index (χ1) is 12.6. The number of hydrogen-bond donors (Lipinski definition) is 0. The van der Waals surface area contributed by atoms with Crippen LogP contribution in [-0.4, -0.2) is 29.1 Å². The number of halogens is 3. The first-order valence-electron chi connectivity index (χ1n) is 10.2. The van der Waals surface area contributed by atoms with Crippen LogP contribution in [-0.2, 0) is 25.2 Å². The van der Waals surface area contributed by atoms with E-state index in [0.717, 1.165) is 5.57 Å². The molecular formula is C21H34F3O2PPd. The fourth-order valence-electron chi connectivity index (χ4n) is 4.50. The van der Waals surface area contributed by atoms with Crippen molar-refractivity contribution in [1.82, 2.24) is 0 Å². The molecule has 3 aliphatic rings. The normalized spacial score (nSPS) is 20.8. The van der Waals surface area contributed by atoms with Gasteiger partial charge in [-0.05, 0) is 55.5 Å². The Morgan fingerprint density at radius 3 is 1.21 bits per heavy atom. The Morgan fingerprint density at radius 2 is 1.07 bits per heavy atom. The van der Waals surface area contributed by atoms with Crippen molar-refractivity contribution in [2.45, 2.75) is 107 Å². The third-order valence-electron chi connectivity index (χ3n) is 5.47. The van der Waals surface area contributed by atoms with Gasteiger partial charge in [0.05, 0.1) is 0 Å². The van der Waals surface area contributed by atoms with E-state index in [1.807, 2.05) is 6.92 Å². The van der Waals surface area contributed by atoms with Crippen LogP contribution in [0, 0.1) is 6.92 Å². The maximum Gasteiger partial charge on any atom is 2.00 e. The average molecular weight is 513 g/mol. The summed E-state index contributed by atoms with van der Waals surface area (Å²) in [6, 6.07) is 0. The van der Waals surface area contributed by atoms with E-state index in [1.165, 1.54) is 17.0 Å². The standard InChI is InChI=1S/C15H27P.C4H7.C2HF3O2.Pd/c1-2-8-13(7-1)16(14-9-3-4-10-14)15-11-5-6-12-15;1-4(2)3;3-2(4,5)1(6)7;/h13-15H,1-12H2;1-2H2,3H3;(H,6,7);/q;-1;;+2/p-1. The number of hydrogen-bond acceptors (Lipinski definition) is 2. The van der Waals surface area contributed by atoms with Gasteiger partial charge in [0.1, 0.15) is 5.97 Å². The number of rotatable bonds is 3. The molecule has 0 heterocycles. The third kappa shape index (κ3) is 10.7.